The van der Waals surface area contributed by atoms with Crippen molar-refractivity contribution in [2.45, 2.75) is 71.3 Å². The van der Waals surface area contributed by atoms with E-state index in [1.165, 1.54) is 44.9 Å². The summed E-state index contributed by atoms with van der Waals surface area (Å²) in [6, 6.07) is 0. The molecule has 19 heavy (non-hydrogen) atoms. The first kappa shape index (κ1) is 14.7. The van der Waals surface area contributed by atoms with Crippen LogP contribution in [0.25, 0.3) is 0 Å². The average Bonchev–Trinajstić information content (AvgIpc) is 2.38. The molecule has 0 aromatic rings. The molecule has 0 aromatic carbocycles. The van der Waals surface area contributed by atoms with Crippen LogP contribution in [-0.4, -0.2) is 29.7 Å². The molecule has 0 N–H and O–H groups in total. The van der Waals surface area contributed by atoms with Crippen molar-refractivity contribution in [3.63, 3.8) is 0 Å². The summed E-state index contributed by atoms with van der Waals surface area (Å²) < 4.78 is 5.44. The van der Waals surface area contributed by atoms with Crippen molar-refractivity contribution in [1.82, 2.24) is 4.90 Å². The highest BCUT2D eigenvalue weighted by Gasteiger charge is 2.30. The summed E-state index contributed by atoms with van der Waals surface area (Å²) in [5.74, 6) is 1.77. The fraction of sp³-hybridized carbons (Fsp3) is 0.938. The van der Waals surface area contributed by atoms with Crippen LogP contribution in [0.3, 0.4) is 0 Å². The fourth-order valence-electron chi connectivity index (χ4n) is 3.49. The number of likely N-dealkylation sites (tertiary alicyclic amines) is 1. The SMILES string of the molecule is CC(C)(C)OC(=O)N1CCC(C2CCCCC2)CC1. The van der Waals surface area contributed by atoms with Crippen LogP contribution in [0.1, 0.15) is 65.7 Å². The lowest BCUT2D eigenvalue weighted by atomic mass is 9.76. The largest absolute Gasteiger partial charge is 0.444 e. The van der Waals surface area contributed by atoms with Crippen LogP contribution in [-0.2, 0) is 4.74 Å². The number of ether oxygens (including phenoxy) is 1. The Morgan fingerprint density at radius 1 is 0.947 bits per heavy atom. The Labute approximate surface area is 117 Å². The highest BCUT2D eigenvalue weighted by Crippen LogP contribution is 2.35. The maximum atomic E-state index is 12.0. The van der Waals surface area contributed by atoms with Gasteiger partial charge >= 0.3 is 6.09 Å². The van der Waals surface area contributed by atoms with Crippen LogP contribution < -0.4 is 0 Å². The van der Waals surface area contributed by atoms with Gasteiger partial charge in [-0.3, -0.25) is 0 Å². The summed E-state index contributed by atoms with van der Waals surface area (Å²) in [6.45, 7) is 7.56. The van der Waals surface area contributed by atoms with Gasteiger partial charge in [0.2, 0.25) is 0 Å². The van der Waals surface area contributed by atoms with Crippen LogP contribution in [0, 0.1) is 11.8 Å². The molecule has 1 heterocycles. The van der Waals surface area contributed by atoms with Gasteiger partial charge in [-0.05, 0) is 45.4 Å². The van der Waals surface area contributed by atoms with Crippen LogP contribution in [0.4, 0.5) is 4.79 Å². The van der Waals surface area contributed by atoms with Crippen molar-refractivity contribution in [3.05, 3.63) is 0 Å². The monoisotopic (exact) mass is 267 g/mol. The Morgan fingerprint density at radius 2 is 1.47 bits per heavy atom. The Morgan fingerprint density at radius 3 is 2.00 bits per heavy atom. The van der Waals surface area contributed by atoms with E-state index < -0.39 is 0 Å². The van der Waals surface area contributed by atoms with Gasteiger partial charge in [0.1, 0.15) is 5.60 Å². The molecule has 2 aliphatic rings. The number of amides is 1. The van der Waals surface area contributed by atoms with E-state index in [9.17, 15) is 4.79 Å². The summed E-state index contributed by atoms with van der Waals surface area (Å²) in [5.41, 5.74) is -0.378. The van der Waals surface area contributed by atoms with Gasteiger partial charge in [-0.2, -0.15) is 0 Å². The Bertz CT molecular complexity index is 294. The van der Waals surface area contributed by atoms with E-state index in [2.05, 4.69) is 0 Å². The molecule has 2 fully saturated rings. The molecule has 0 unspecified atom stereocenters. The first-order valence-electron chi connectivity index (χ1n) is 7.93. The first-order chi connectivity index (χ1) is 8.96. The van der Waals surface area contributed by atoms with Gasteiger partial charge in [-0.1, -0.05) is 32.1 Å². The molecule has 3 nitrogen and oxygen atoms in total. The van der Waals surface area contributed by atoms with Crippen molar-refractivity contribution < 1.29 is 9.53 Å². The van der Waals surface area contributed by atoms with Gasteiger partial charge in [0.05, 0.1) is 0 Å². The number of hydrogen-bond donors (Lipinski definition) is 0. The second-order valence-electron chi connectivity index (χ2n) is 7.20. The molecule has 0 radical (unpaired) electrons. The van der Waals surface area contributed by atoms with Crippen molar-refractivity contribution in [1.29, 1.82) is 0 Å². The number of piperidine rings is 1. The molecule has 1 aliphatic heterocycles. The number of carbonyl (C=O) groups excluding carboxylic acids is 1. The van der Waals surface area contributed by atoms with E-state index in [4.69, 9.17) is 4.74 Å². The summed E-state index contributed by atoms with van der Waals surface area (Å²) in [7, 11) is 0. The molecule has 0 spiro atoms. The number of hydrogen-bond acceptors (Lipinski definition) is 2. The molecular weight excluding hydrogens is 238 g/mol. The average molecular weight is 267 g/mol. The third kappa shape index (κ3) is 4.39. The maximum Gasteiger partial charge on any atom is 0.410 e. The summed E-state index contributed by atoms with van der Waals surface area (Å²) in [6.07, 6.45) is 9.29. The third-order valence-corrected chi connectivity index (χ3v) is 4.51. The van der Waals surface area contributed by atoms with E-state index in [1.807, 2.05) is 25.7 Å². The van der Waals surface area contributed by atoms with E-state index in [0.717, 1.165) is 24.9 Å². The molecule has 110 valence electrons. The number of nitrogens with zero attached hydrogens (tertiary/aromatic N) is 1. The highest BCUT2D eigenvalue weighted by molar-refractivity contribution is 5.68. The lowest BCUT2D eigenvalue weighted by Crippen LogP contribution is -2.43. The Hall–Kier alpha value is -0.730. The van der Waals surface area contributed by atoms with Gasteiger partial charge in [-0.25, -0.2) is 4.79 Å². The zero-order valence-electron chi connectivity index (χ0n) is 12.8. The van der Waals surface area contributed by atoms with Crippen molar-refractivity contribution >= 4 is 6.09 Å². The van der Waals surface area contributed by atoms with Gasteiger partial charge < -0.3 is 9.64 Å². The summed E-state index contributed by atoms with van der Waals surface area (Å²) >= 11 is 0. The zero-order valence-corrected chi connectivity index (χ0v) is 12.8. The summed E-state index contributed by atoms with van der Waals surface area (Å²) in [5, 5.41) is 0. The second kappa shape index (κ2) is 6.15. The van der Waals surface area contributed by atoms with Gasteiger partial charge in [0.25, 0.3) is 0 Å². The van der Waals surface area contributed by atoms with E-state index >= 15 is 0 Å². The fourth-order valence-corrected chi connectivity index (χ4v) is 3.49. The molecule has 3 heteroatoms. The molecule has 1 saturated heterocycles. The maximum absolute atomic E-state index is 12.0. The predicted octanol–water partition coefficient (Wildman–Crippen LogP) is 4.21. The van der Waals surface area contributed by atoms with Gasteiger partial charge in [0, 0.05) is 13.1 Å². The zero-order chi connectivity index (χ0) is 13.9. The highest BCUT2D eigenvalue weighted by atomic mass is 16.6. The molecule has 2 rings (SSSR count). The summed E-state index contributed by atoms with van der Waals surface area (Å²) in [4.78, 5) is 13.9. The van der Waals surface area contributed by atoms with Crippen LogP contribution in [0.15, 0.2) is 0 Å². The smallest absolute Gasteiger partial charge is 0.410 e. The molecule has 1 aliphatic carbocycles. The van der Waals surface area contributed by atoms with Crippen LogP contribution in [0.5, 0.6) is 0 Å². The van der Waals surface area contributed by atoms with Gasteiger partial charge in [-0.15, -0.1) is 0 Å². The van der Waals surface area contributed by atoms with E-state index in [0.29, 0.717) is 0 Å². The first-order valence-corrected chi connectivity index (χ1v) is 7.93. The standard InChI is InChI=1S/C16H29NO2/c1-16(2,3)19-15(18)17-11-9-14(10-12-17)13-7-5-4-6-8-13/h13-14H,4-12H2,1-3H3. The minimum atomic E-state index is -0.378. The Balaban J connectivity index is 1.77. The van der Waals surface area contributed by atoms with E-state index in [-0.39, 0.29) is 11.7 Å². The molecular formula is C16H29NO2. The third-order valence-electron chi connectivity index (χ3n) is 4.51. The number of carbonyl (C=O) groups is 1. The van der Waals surface area contributed by atoms with E-state index in [1.54, 1.807) is 0 Å². The van der Waals surface area contributed by atoms with Gasteiger partial charge in [0.15, 0.2) is 0 Å². The van der Waals surface area contributed by atoms with Crippen LogP contribution >= 0.6 is 0 Å². The predicted molar refractivity (Wildman–Crippen MR) is 77.1 cm³/mol. The minimum absolute atomic E-state index is 0.130. The van der Waals surface area contributed by atoms with Crippen molar-refractivity contribution in [3.8, 4) is 0 Å². The topological polar surface area (TPSA) is 29.5 Å². The minimum Gasteiger partial charge on any atom is -0.444 e. The molecule has 0 atom stereocenters. The lowest BCUT2D eigenvalue weighted by Gasteiger charge is -2.38. The Kier molecular flexibility index (Phi) is 4.75. The van der Waals surface area contributed by atoms with Crippen molar-refractivity contribution in [2.24, 2.45) is 11.8 Å². The lowest BCUT2D eigenvalue weighted by molar-refractivity contribution is 0.0148. The van der Waals surface area contributed by atoms with Crippen molar-refractivity contribution in [2.75, 3.05) is 13.1 Å². The molecule has 0 aromatic heterocycles. The second-order valence-corrected chi connectivity index (χ2v) is 7.20. The molecule has 1 saturated carbocycles. The van der Waals surface area contributed by atoms with Crippen LogP contribution in [0.2, 0.25) is 0 Å². The normalized spacial score (nSPS) is 23.4. The number of rotatable bonds is 1. The quantitative estimate of drug-likeness (QED) is 0.712. The molecule has 1 amide bonds. The molecule has 0 bridgehead atoms.